The van der Waals surface area contributed by atoms with Gasteiger partial charge in [-0.1, -0.05) is 32.0 Å². The highest BCUT2D eigenvalue weighted by atomic mass is 19.1. The number of carbonyl (C=O) groups excluding carboxylic acids is 1. The van der Waals surface area contributed by atoms with Crippen LogP contribution in [0.4, 0.5) is 8.78 Å². The first kappa shape index (κ1) is 27.2. The summed E-state index contributed by atoms with van der Waals surface area (Å²) >= 11 is 0. The number of likely N-dealkylation sites (tertiary alicyclic amines) is 1. The summed E-state index contributed by atoms with van der Waals surface area (Å²) in [4.78, 5) is 37.6. The van der Waals surface area contributed by atoms with E-state index in [1.165, 1.54) is 9.47 Å². The second-order valence-corrected chi connectivity index (χ2v) is 9.75. The maximum atomic E-state index is 14.4. The lowest BCUT2D eigenvalue weighted by molar-refractivity contribution is 0.0784. The molecule has 4 aromatic rings. The van der Waals surface area contributed by atoms with Gasteiger partial charge in [0.05, 0.1) is 29.3 Å². The predicted molar refractivity (Wildman–Crippen MR) is 145 cm³/mol. The Balaban J connectivity index is 1.64. The smallest absolute Gasteiger partial charge is 0.275 e. The van der Waals surface area contributed by atoms with E-state index in [0.717, 1.165) is 23.4 Å². The lowest BCUT2D eigenvalue weighted by Gasteiger charge is -2.21. The Morgan fingerprint density at radius 3 is 2.48 bits per heavy atom. The highest BCUT2D eigenvalue weighted by Crippen LogP contribution is 2.31. The molecule has 0 radical (unpaired) electrons. The molecule has 4 heterocycles. The molecular formula is C29H30F2N6O3. The number of aryl methyl sites for hydroxylation is 3. The molecule has 1 N–H and O–H groups in total. The van der Waals surface area contributed by atoms with E-state index in [1.54, 1.807) is 17.1 Å². The number of carbonyl (C=O) groups is 1. The molecule has 0 saturated carbocycles. The Morgan fingerprint density at radius 1 is 1.12 bits per heavy atom. The van der Waals surface area contributed by atoms with Crippen molar-refractivity contribution in [3.05, 3.63) is 87.2 Å². The van der Waals surface area contributed by atoms with Gasteiger partial charge in [-0.2, -0.15) is 10.1 Å². The maximum Gasteiger partial charge on any atom is 0.275 e. The number of para-hydroxylation sites is 1. The zero-order valence-corrected chi connectivity index (χ0v) is 22.6. The number of hydrogen-bond acceptors (Lipinski definition) is 6. The van der Waals surface area contributed by atoms with E-state index in [2.05, 4.69) is 15.1 Å². The standard InChI is InChI=1S/C29H30F2N6O3/c1-4-17-8-7-9-18(5-2)25(17)37-26(20-13-33-36(6-3)16-20)34-27(38)23(29(37)40)28(39)35-11-10-19(15-35)24-22(31)12-21(30)14-32-24/h7-9,12-14,16,19,38H,4-6,10-11,15H2,1-3H3. The summed E-state index contributed by atoms with van der Waals surface area (Å²) < 4.78 is 30.8. The van der Waals surface area contributed by atoms with Crippen LogP contribution in [0, 0.1) is 11.6 Å². The molecule has 0 bridgehead atoms. The number of aromatic nitrogens is 5. The van der Waals surface area contributed by atoms with E-state index in [0.29, 0.717) is 37.1 Å². The molecule has 40 heavy (non-hydrogen) atoms. The molecule has 1 unspecified atom stereocenters. The van der Waals surface area contributed by atoms with Gasteiger partial charge in [0.25, 0.3) is 11.5 Å². The Hall–Kier alpha value is -4.41. The van der Waals surface area contributed by atoms with Gasteiger partial charge in [-0.3, -0.25) is 23.8 Å². The molecule has 0 spiro atoms. The van der Waals surface area contributed by atoms with Crippen molar-refractivity contribution < 1.29 is 18.7 Å². The zero-order valence-electron chi connectivity index (χ0n) is 22.6. The Bertz CT molecular complexity index is 1630. The van der Waals surface area contributed by atoms with Crippen LogP contribution in [0.5, 0.6) is 5.88 Å². The minimum Gasteiger partial charge on any atom is -0.493 e. The van der Waals surface area contributed by atoms with Crippen LogP contribution in [-0.4, -0.2) is 53.3 Å². The quantitative estimate of drug-likeness (QED) is 0.370. The average molecular weight is 549 g/mol. The van der Waals surface area contributed by atoms with Crippen molar-refractivity contribution in [2.24, 2.45) is 0 Å². The van der Waals surface area contributed by atoms with Gasteiger partial charge in [-0.05, 0) is 37.3 Å². The van der Waals surface area contributed by atoms with Crippen molar-refractivity contribution in [2.45, 2.75) is 52.5 Å². The molecule has 1 saturated heterocycles. The first-order chi connectivity index (χ1) is 19.3. The minimum absolute atomic E-state index is 0.0594. The van der Waals surface area contributed by atoms with Gasteiger partial charge >= 0.3 is 0 Å². The molecule has 1 aromatic carbocycles. The molecule has 11 heteroatoms. The third kappa shape index (κ3) is 4.76. The number of pyridine rings is 1. The highest BCUT2D eigenvalue weighted by Gasteiger charge is 2.35. The molecule has 0 aliphatic carbocycles. The summed E-state index contributed by atoms with van der Waals surface area (Å²) in [6.45, 7) is 6.74. The fraction of sp³-hybridized carbons (Fsp3) is 0.345. The van der Waals surface area contributed by atoms with Gasteiger partial charge in [0.15, 0.2) is 11.4 Å². The zero-order chi connectivity index (χ0) is 28.6. The summed E-state index contributed by atoms with van der Waals surface area (Å²) in [5, 5.41) is 15.3. The molecule has 1 aliphatic heterocycles. The second kappa shape index (κ2) is 11.0. The number of aromatic hydroxyl groups is 1. The SMILES string of the molecule is CCc1cccc(CC)c1-n1c(-c2cnn(CC)c2)nc(O)c(C(=O)N2CCC(c3ncc(F)cc3F)C2)c1=O. The fourth-order valence-electron chi connectivity index (χ4n) is 5.30. The van der Waals surface area contributed by atoms with Crippen molar-refractivity contribution in [2.75, 3.05) is 13.1 Å². The summed E-state index contributed by atoms with van der Waals surface area (Å²) in [5.74, 6) is -3.28. The Kier molecular flexibility index (Phi) is 7.46. The van der Waals surface area contributed by atoms with Crippen molar-refractivity contribution in [1.82, 2.24) is 29.2 Å². The van der Waals surface area contributed by atoms with Gasteiger partial charge in [-0.25, -0.2) is 8.78 Å². The highest BCUT2D eigenvalue weighted by molar-refractivity contribution is 5.96. The predicted octanol–water partition coefficient (Wildman–Crippen LogP) is 4.25. The van der Waals surface area contributed by atoms with Crippen LogP contribution in [0.25, 0.3) is 17.1 Å². The number of rotatable bonds is 7. The van der Waals surface area contributed by atoms with Crippen molar-refractivity contribution in [1.29, 1.82) is 0 Å². The van der Waals surface area contributed by atoms with E-state index in [1.807, 2.05) is 39.0 Å². The van der Waals surface area contributed by atoms with Crippen molar-refractivity contribution >= 4 is 5.91 Å². The maximum absolute atomic E-state index is 14.4. The lowest BCUT2D eigenvalue weighted by atomic mass is 10.0. The molecule has 3 aromatic heterocycles. The largest absolute Gasteiger partial charge is 0.493 e. The Morgan fingerprint density at radius 2 is 1.85 bits per heavy atom. The van der Waals surface area contributed by atoms with E-state index in [9.17, 15) is 23.5 Å². The molecule has 1 amide bonds. The van der Waals surface area contributed by atoms with Crippen LogP contribution >= 0.6 is 0 Å². The number of benzene rings is 1. The molecule has 208 valence electrons. The van der Waals surface area contributed by atoms with Gasteiger partial charge in [0.1, 0.15) is 11.6 Å². The number of hydrogen-bond donors (Lipinski definition) is 1. The van der Waals surface area contributed by atoms with Gasteiger partial charge in [-0.15, -0.1) is 0 Å². The summed E-state index contributed by atoms with van der Waals surface area (Å²) in [6.07, 6.45) is 5.85. The van der Waals surface area contributed by atoms with Crippen molar-refractivity contribution in [3.63, 3.8) is 0 Å². The van der Waals surface area contributed by atoms with Crippen LogP contribution in [0.2, 0.25) is 0 Å². The molecule has 1 fully saturated rings. The molecule has 1 aliphatic rings. The van der Waals surface area contributed by atoms with Crippen LogP contribution in [-0.2, 0) is 19.4 Å². The van der Waals surface area contributed by atoms with Gasteiger partial charge < -0.3 is 10.0 Å². The first-order valence-electron chi connectivity index (χ1n) is 13.4. The average Bonchev–Trinajstić information content (AvgIpc) is 3.63. The van der Waals surface area contributed by atoms with E-state index >= 15 is 0 Å². The van der Waals surface area contributed by atoms with E-state index in [-0.39, 0.29) is 24.6 Å². The van der Waals surface area contributed by atoms with Crippen LogP contribution < -0.4 is 5.56 Å². The fourth-order valence-corrected chi connectivity index (χ4v) is 5.30. The third-order valence-electron chi connectivity index (χ3n) is 7.38. The summed E-state index contributed by atoms with van der Waals surface area (Å²) in [5.41, 5.74) is 1.79. The number of nitrogens with zero attached hydrogens (tertiary/aromatic N) is 6. The first-order valence-corrected chi connectivity index (χ1v) is 13.4. The topological polar surface area (TPSA) is 106 Å². The lowest BCUT2D eigenvalue weighted by Crippen LogP contribution is -2.36. The Labute approximate surface area is 229 Å². The summed E-state index contributed by atoms with van der Waals surface area (Å²) in [6, 6.07) is 6.53. The number of halogens is 2. The third-order valence-corrected chi connectivity index (χ3v) is 7.38. The van der Waals surface area contributed by atoms with Crippen molar-refractivity contribution in [3.8, 4) is 23.0 Å². The van der Waals surface area contributed by atoms with Crippen LogP contribution in [0.1, 0.15) is 60.3 Å². The van der Waals surface area contributed by atoms with Gasteiger partial charge in [0, 0.05) is 37.8 Å². The van der Waals surface area contributed by atoms with Crippen LogP contribution in [0.3, 0.4) is 0 Å². The minimum atomic E-state index is -0.786. The van der Waals surface area contributed by atoms with E-state index < -0.39 is 40.5 Å². The number of amides is 1. The summed E-state index contributed by atoms with van der Waals surface area (Å²) in [7, 11) is 0. The van der Waals surface area contributed by atoms with Crippen LogP contribution in [0.15, 0.2) is 47.7 Å². The monoisotopic (exact) mass is 548 g/mol. The molecule has 1 atom stereocenters. The molecule has 9 nitrogen and oxygen atoms in total. The van der Waals surface area contributed by atoms with Gasteiger partial charge in [0.2, 0.25) is 5.88 Å². The molecular weight excluding hydrogens is 518 g/mol. The second-order valence-electron chi connectivity index (χ2n) is 9.75. The van der Waals surface area contributed by atoms with E-state index in [4.69, 9.17) is 0 Å². The molecule has 5 rings (SSSR count). The normalized spacial score (nSPS) is 15.1.